The molecule has 34 heavy (non-hydrogen) atoms. The van der Waals surface area contributed by atoms with E-state index in [1.54, 1.807) is 4.90 Å². The molecule has 2 atom stereocenters. The van der Waals surface area contributed by atoms with Crippen molar-refractivity contribution in [3.63, 3.8) is 0 Å². The van der Waals surface area contributed by atoms with Crippen LogP contribution in [0.3, 0.4) is 0 Å². The van der Waals surface area contributed by atoms with Crippen LogP contribution >= 0.6 is 0 Å². The zero-order chi connectivity index (χ0) is 23.3. The lowest BCUT2D eigenvalue weighted by atomic mass is 9.76. The van der Waals surface area contributed by atoms with Crippen LogP contribution in [0.4, 0.5) is 4.79 Å². The first kappa shape index (κ1) is 21.0. The van der Waals surface area contributed by atoms with Crippen LogP contribution in [0.5, 0.6) is 11.5 Å². The first-order valence-corrected chi connectivity index (χ1v) is 12.0. The van der Waals surface area contributed by atoms with Crippen LogP contribution in [-0.4, -0.2) is 53.9 Å². The average Bonchev–Trinajstić information content (AvgIpc) is 3.44. The van der Waals surface area contributed by atoms with Gasteiger partial charge in [-0.05, 0) is 60.9 Å². The first-order valence-electron chi connectivity index (χ1n) is 12.0. The minimum Gasteiger partial charge on any atom is -0.486 e. The summed E-state index contributed by atoms with van der Waals surface area (Å²) in [6.07, 6.45) is 3.92. The van der Waals surface area contributed by atoms with Crippen LogP contribution in [0.2, 0.25) is 0 Å². The first-order chi connectivity index (χ1) is 16.6. The Morgan fingerprint density at radius 1 is 1.06 bits per heavy atom. The zero-order valence-corrected chi connectivity index (χ0v) is 18.9. The van der Waals surface area contributed by atoms with Crippen LogP contribution < -0.4 is 14.8 Å². The normalized spacial score (nSPS) is 25.5. The number of urea groups is 1. The van der Waals surface area contributed by atoms with Crippen molar-refractivity contribution in [1.29, 1.82) is 0 Å². The van der Waals surface area contributed by atoms with E-state index in [0.717, 1.165) is 47.3 Å². The van der Waals surface area contributed by atoms with Crippen LogP contribution in [0.1, 0.15) is 48.4 Å². The van der Waals surface area contributed by atoms with E-state index in [9.17, 15) is 14.4 Å². The van der Waals surface area contributed by atoms with Crippen molar-refractivity contribution in [1.82, 2.24) is 15.1 Å². The Morgan fingerprint density at radius 3 is 2.76 bits per heavy atom. The molecule has 4 amide bonds. The topological polar surface area (TPSA) is 88.2 Å². The van der Waals surface area contributed by atoms with Crippen molar-refractivity contribution in [2.75, 3.05) is 26.3 Å². The van der Waals surface area contributed by atoms with Crippen LogP contribution in [0.15, 0.2) is 42.5 Å². The number of hydrogen-bond donors (Lipinski definition) is 1. The summed E-state index contributed by atoms with van der Waals surface area (Å²) < 4.78 is 11.3. The number of likely N-dealkylation sites (tertiary alicyclic amines) is 1. The van der Waals surface area contributed by atoms with Gasteiger partial charge in [-0.2, -0.15) is 0 Å². The van der Waals surface area contributed by atoms with Gasteiger partial charge in [0.25, 0.3) is 5.91 Å². The van der Waals surface area contributed by atoms with Gasteiger partial charge >= 0.3 is 6.03 Å². The predicted octanol–water partition coefficient (Wildman–Crippen LogP) is 2.90. The third kappa shape index (κ3) is 3.23. The highest BCUT2D eigenvalue weighted by Crippen LogP contribution is 2.41. The minimum absolute atomic E-state index is 0.117. The minimum atomic E-state index is -1.06. The largest absolute Gasteiger partial charge is 0.486 e. The zero-order valence-electron chi connectivity index (χ0n) is 18.9. The summed E-state index contributed by atoms with van der Waals surface area (Å²) in [6, 6.07) is 12.9. The summed E-state index contributed by atoms with van der Waals surface area (Å²) in [6.45, 7) is 1.37. The maximum absolute atomic E-state index is 13.6. The second-order valence-electron chi connectivity index (χ2n) is 9.39. The number of carbonyl (C=O) groups is 3. The Kier molecular flexibility index (Phi) is 4.97. The molecule has 2 aromatic carbocycles. The fraction of sp³-hybridized carbons (Fsp3) is 0.423. The number of fused-ring (bicyclic) bond motifs is 3. The summed E-state index contributed by atoms with van der Waals surface area (Å²) in [5.41, 5.74) is 1.84. The van der Waals surface area contributed by atoms with E-state index in [0.29, 0.717) is 37.7 Å². The lowest BCUT2D eigenvalue weighted by molar-refractivity contribution is -0.140. The van der Waals surface area contributed by atoms with Gasteiger partial charge in [0.1, 0.15) is 25.3 Å². The van der Waals surface area contributed by atoms with Gasteiger partial charge in [0.05, 0.1) is 6.04 Å². The molecule has 0 radical (unpaired) electrons. The summed E-state index contributed by atoms with van der Waals surface area (Å²) in [5.74, 6) is 0.855. The molecule has 1 N–H and O–H groups in total. The number of aryl methyl sites for hydroxylation is 1. The van der Waals surface area contributed by atoms with Gasteiger partial charge < -0.3 is 19.7 Å². The number of nitrogens with zero attached hydrogens (tertiary/aromatic N) is 2. The second kappa shape index (κ2) is 8.04. The average molecular weight is 462 g/mol. The molecule has 1 aliphatic carbocycles. The number of carbonyl (C=O) groups excluding carboxylic acids is 3. The summed E-state index contributed by atoms with van der Waals surface area (Å²) in [4.78, 5) is 42.7. The molecule has 176 valence electrons. The molecule has 1 spiro atoms. The number of benzene rings is 2. The number of amides is 4. The van der Waals surface area contributed by atoms with Crippen molar-refractivity contribution >= 4 is 17.8 Å². The number of ether oxygens (including phenoxy) is 2. The number of hydrogen-bond acceptors (Lipinski definition) is 5. The van der Waals surface area contributed by atoms with Crippen LogP contribution in [0.25, 0.3) is 0 Å². The predicted molar refractivity (Wildman–Crippen MR) is 122 cm³/mol. The van der Waals surface area contributed by atoms with E-state index in [4.69, 9.17) is 9.47 Å². The van der Waals surface area contributed by atoms with Crippen molar-refractivity contribution in [2.45, 2.75) is 43.7 Å². The van der Waals surface area contributed by atoms with E-state index in [2.05, 4.69) is 5.32 Å². The Bertz CT molecular complexity index is 1180. The number of rotatable bonds is 3. The maximum Gasteiger partial charge on any atom is 0.325 e. The Hall–Kier alpha value is -3.55. The molecular formula is C26H27N3O5. The van der Waals surface area contributed by atoms with E-state index >= 15 is 0 Å². The molecule has 0 bridgehead atoms. The van der Waals surface area contributed by atoms with E-state index in [-0.39, 0.29) is 24.4 Å². The van der Waals surface area contributed by atoms with Crippen LogP contribution in [-0.2, 0) is 21.5 Å². The molecular weight excluding hydrogens is 434 g/mol. The molecule has 2 fully saturated rings. The second-order valence-corrected chi connectivity index (χ2v) is 9.39. The quantitative estimate of drug-likeness (QED) is 0.711. The number of nitrogens with one attached hydrogen (secondary N) is 1. The number of imide groups is 1. The molecule has 2 saturated heterocycles. The third-order valence-corrected chi connectivity index (χ3v) is 7.47. The van der Waals surface area contributed by atoms with Gasteiger partial charge in [0, 0.05) is 6.54 Å². The summed E-state index contributed by atoms with van der Waals surface area (Å²) in [7, 11) is 0. The van der Waals surface area contributed by atoms with Crippen molar-refractivity contribution in [3.8, 4) is 11.5 Å². The molecule has 0 unspecified atom stereocenters. The fourth-order valence-electron chi connectivity index (χ4n) is 5.86. The van der Waals surface area contributed by atoms with Crippen molar-refractivity contribution < 1.29 is 23.9 Å². The lowest BCUT2D eigenvalue weighted by Crippen LogP contribution is -2.47. The Balaban J connectivity index is 1.22. The highest BCUT2D eigenvalue weighted by atomic mass is 16.6. The molecule has 3 heterocycles. The molecule has 4 aliphatic rings. The fourth-order valence-corrected chi connectivity index (χ4v) is 5.86. The monoisotopic (exact) mass is 461 g/mol. The molecule has 8 nitrogen and oxygen atoms in total. The highest BCUT2D eigenvalue weighted by molar-refractivity contribution is 6.09. The van der Waals surface area contributed by atoms with Gasteiger partial charge in [-0.15, -0.1) is 0 Å². The Morgan fingerprint density at radius 2 is 1.88 bits per heavy atom. The van der Waals surface area contributed by atoms with Crippen molar-refractivity contribution in [2.24, 2.45) is 0 Å². The van der Waals surface area contributed by atoms with Crippen molar-refractivity contribution in [3.05, 3.63) is 59.2 Å². The van der Waals surface area contributed by atoms with Gasteiger partial charge in [-0.1, -0.05) is 30.3 Å². The van der Waals surface area contributed by atoms with E-state index < -0.39 is 11.6 Å². The standard InChI is InChI=1S/C26H27N3O5/c30-23(28-12-4-8-20(28)18-9-10-21-22(15-18)34-14-13-33-21)16-29-24(31)26(27-25(29)32)11-3-6-17-5-1-2-7-19(17)26/h1-2,5,7,9-10,15,20H,3-4,6,8,11-14,16H2,(H,27,32)/t20-,26-/m1/s1. The maximum atomic E-state index is 13.6. The molecule has 8 heteroatoms. The lowest BCUT2D eigenvalue weighted by Gasteiger charge is -2.33. The smallest absolute Gasteiger partial charge is 0.325 e. The SMILES string of the molecule is O=C1N[C@@]2(CCCc3ccccc32)C(=O)N1CC(=O)N1CCC[C@@H]1c1ccc2c(c1)OCCO2. The van der Waals surface area contributed by atoms with E-state index in [1.807, 2.05) is 42.5 Å². The molecule has 0 aromatic heterocycles. The molecule has 3 aliphatic heterocycles. The molecule has 0 saturated carbocycles. The van der Waals surface area contributed by atoms with Gasteiger partial charge in [0.15, 0.2) is 11.5 Å². The van der Waals surface area contributed by atoms with Gasteiger partial charge in [0.2, 0.25) is 5.91 Å². The Labute approximate surface area is 197 Å². The summed E-state index contributed by atoms with van der Waals surface area (Å²) >= 11 is 0. The summed E-state index contributed by atoms with van der Waals surface area (Å²) in [5, 5.41) is 2.93. The third-order valence-electron chi connectivity index (χ3n) is 7.47. The van der Waals surface area contributed by atoms with Crippen LogP contribution in [0, 0.1) is 0 Å². The van der Waals surface area contributed by atoms with E-state index in [1.165, 1.54) is 0 Å². The van der Waals surface area contributed by atoms with Gasteiger partial charge in [-0.25, -0.2) is 4.79 Å². The highest BCUT2D eigenvalue weighted by Gasteiger charge is 2.54. The molecule has 6 rings (SSSR count). The van der Waals surface area contributed by atoms with Gasteiger partial charge in [-0.3, -0.25) is 14.5 Å². The molecule has 2 aromatic rings.